The lowest BCUT2D eigenvalue weighted by atomic mass is 10.00. The highest BCUT2D eigenvalue weighted by Crippen LogP contribution is 2.30. The fraction of sp³-hybridized carbons (Fsp3) is 0.182. The summed E-state index contributed by atoms with van der Waals surface area (Å²) in [7, 11) is 0. The molecule has 0 radical (unpaired) electrons. The van der Waals surface area contributed by atoms with Crippen molar-refractivity contribution >= 4 is 39.4 Å². The molecule has 0 aliphatic rings. The number of benzene rings is 3. The van der Waals surface area contributed by atoms with Gasteiger partial charge in [0.15, 0.2) is 0 Å². The van der Waals surface area contributed by atoms with E-state index >= 15 is 0 Å². The second-order valence-electron chi connectivity index (χ2n) is 6.21. The Kier molecular flexibility index (Phi) is 6.55. The molecule has 0 aliphatic carbocycles. The molecule has 1 nitrogen and oxygen atoms in total. The average molecular weight is 481 g/mol. The van der Waals surface area contributed by atoms with Gasteiger partial charge in [0.05, 0.1) is 5.56 Å². The van der Waals surface area contributed by atoms with Gasteiger partial charge in [0.2, 0.25) is 0 Å². The summed E-state index contributed by atoms with van der Waals surface area (Å²) in [6.45, 7) is 0.577. The second-order valence-corrected chi connectivity index (χ2v) is 7.09. The number of fused-ring (bicyclic) bond motifs is 1. The van der Waals surface area contributed by atoms with Crippen LogP contribution in [0, 0.1) is 0 Å². The van der Waals surface area contributed by atoms with Crippen LogP contribution in [0.2, 0.25) is 0 Å². The number of hydrogen-bond donors (Lipinski definition) is 1. The van der Waals surface area contributed by atoms with E-state index in [1.165, 1.54) is 22.4 Å². The van der Waals surface area contributed by atoms with E-state index in [1.54, 1.807) is 12.1 Å². The summed E-state index contributed by atoms with van der Waals surface area (Å²) in [5.41, 5.74) is 1.15. The van der Waals surface area contributed by atoms with Crippen LogP contribution in [0.5, 0.6) is 0 Å². The highest BCUT2D eigenvalue weighted by Gasteiger charge is 2.30. The van der Waals surface area contributed by atoms with Crippen molar-refractivity contribution in [3.8, 4) is 0 Å². The fourth-order valence-electron chi connectivity index (χ4n) is 3.03. The first kappa shape index (κ1) is 19.9. The Morgan fingerprint density at radius 2 is 1.70 bits per heavy atom. The van der Waals surface area contributed by atoms with Gasteiger partial charge in [0.1, 0.15) is 0 Å². The molecule has 1 N–H and O–H groups in total. The van der Waals surface area contributed by atoms with Crippen LogP contribution < -0.4 is 5.32 Å². The van der Waals surface area contributed by atoms with Crippen LogP contribution >= 0.6 is 22.6 Å². The zero-order chi connectivity index (χ0) is 19.3. The van der Waals surface area contributed by atoms with Crippen LogP contribution in [0.4, 0.5) is 13.2 Å². The third kappa shape index (κ3) is 5.11. The number of hydrogen-bond acceptors (Lipinski definition) is 1. The molecule has 3 aromatic rings. The van der Waals surface area contributed by atoms with Crippen LogP contribution in [-0.2, 0) is 6.18 Å². The lowest BCUT2D eigenvalue weighted by molar-refractivity contribution is -0.137. The maximum absolute atomic E-state index is 12.8. The normalized spacial score (nSPS) is 13.3. The minimum absolute atomic E-state index is 0.169. The molecule has 0 spiro atoms. The van der Waals surface area contributed by atoms with E-state index in [1.807, 2.05) is 18.2 Å². The van der Waals surface area contributed by atoms with Crippen molar-refractivity contribution in [1.29, 1.82) is 0 Å². The summed E-state index contributed by atoms with van der Waals surface area (Å²) in [6, 6.07) is 20.1. The Labute approximate surface area is 170 Å². The minimum Gasteiger partial charge on any atom is -0.306 e. The van der Waals surface area contributed by atoms with E-state index in [0.717, 1.165) is 16.6 Å². The van der Waals surface area contributed by atoms with E-state index in [4.69, 9.17) is 0 Å². The molecular weight excluding hydrogens is 462 g/mol. The summed E-state index contributed by atoms with van der Waals surface area (Å²) >= 11 is 2.35. The van der Waals surface area contributed by atoms with Crippen molar-refractivity contribution in [2.45, 2.75) is 12.2 Å². The molecule has 0 bridgehead atoms. The number of alkyl halides is 4. The summed E-state index contributed by atoms with van der Waals surface area (Å²) in [5, 5.41) is 5.90. The average Bonchev–Trinajstić information content (AvgIpc) is 2.67. The van der Waals surface area contributed by atoms with Crippen molar-refractivity contribution in [2.24, 2.45) is 0 Å². The molecule has 3 rings (SSSR count). The van der Waals surface area contributed by atoms with E-state index < -0.39 is 11.7 Å². The van der Waals surface area contributed by atoms with Gasteiger partial charge in [-0.15, -0.1) is 0 Å². The minimum atomic E-state index is -4.32. The van der Waals surface area contributed by atoms with Gasteiger partial charge in [-0.3, -0.25) is 0 Å². The van der Waals surface area contributed by atoms with Crippen LogP contribution in [0.1, 0.15) is 22.7 Å². The van der Waals surface area contributed by atoms with E-state index in [0.29, 0.717) is 12.1 Å². The Balaban J connectivity index is 1.69. The lowest BCUT2D eigenvalue weighted by Gasteiger charge is -2.18. The first-order valence-electron chi connectivity index (χ1n) is 8.60. The maximum atomic E-state index is 12.8. The fourth-order valence-corrected chi connectivity index (χ4v) is 3.81. The zero-order valence-corrected chi connectivity index (χ0v) is 16.7. The Morgan fingerprint density at radius 1 is 0.963 bits per heavy atom. The Bertz CT molecular complexity index is 929. The SMILES string of the molecule is FC(F)(F)c1cccc(/C=C/CN[C@H](CI)c2cccc3ccccc23)c1. The summed E-state index contributed by atoms with van der Waals surface area (Å²) in [4.78, 5) is 0. The second kappa shape index (κ2) is 8.89. The maximum Gasteiger partial charge on any atom is 0.416 e. The summed E-state index contributed by atoms with van der Waals surface area (Å²) in [6.07, 6.45) is -0.738. The zero-order valence-electron chi connectivity index (χ0n) is 14.5. The molecule has 0 aromatic heterocycles. The van der Waals surface area contributed by atoms with Crippen LogP contribution in [-0.4, -0.2) is 11.0 Å². The number of rotatable bonds is 6. The molecule has 3 aromatic carbocycles. The predicted octanol–water partition coefficient (Wildman–Crippen LogP) is 6.64. The number of halogens is 4. The molecule has 5 heteroatoms. The number of nitrogens with one attached hydrogen (secondary N) is 1. The molecule has 0 unspecified atom stereocenters. The Morgan fingerprint density at radius 3 is 2.48 bits per heavy atom. The van der Waals surface area contributed by atoms with Crippen molar-refractivity contribution in [3.05, 3.63) is 89.5 Å². The lowest BCUT2D eigenvalue weighted by Crippen LogP contribution is -2.22. The van der Waals surface area contributed by atoms with Gasteiger partial charge in [0.25, 0.3) is 0 Å². The quantitative estimate of drug-likeness (QED) is 0.308. The smallest absolute Gasteiger partial charge is 0.306 e. The standard InChI is InChI=1S/C22H19F3IN/c23-22(24,25)18-10-3-6-16(14-18)7-5-13-27-21(15-26)20-12-4-9-17-8-1-2-11-19(17)20/h1-12,14,21,27H,13,15H2/b7-5+/t21-/m1/s1. The van der Waals surface area contributed by atoms with Crippen molar-refractivity contribution in [1.82, 2.24) is 5.32 Å². The van der Waals surface area contributed by atoms with Gasteiger partial charge in [-0.2, -0.15) is 13.2 Å². The van der Waals surface area contributed by atoms with E-state index in [-0.39, 0.29) is 6.04 Å². The molecular formula is C22H19F3IN. The molecule has 0 heterocycles. The van der Waals surface area contributed by atoms with Gasteiger partial charge in [-0.1, -0.05) is 89.3 Å². The summed E-state index contributed by atoms with van der Waals surface area (Å²) < 4.78 is 39.2. The van der Waals surface area contributed by atoms with E-state index in [9.17, 15) is 13.2 Å². The van der Waals surface area contributed by atoms with Gasteiger partial charge < -0.3 is 5.32 Å². The van der Waals surface area contributed by atoms with Crippen LogP contribution in [0.25, 0.3) is 16.8 Å². The van der Waals surface area contributed by atoms with Crippen LogP contribution in [0.15, 0.2) is 72.8 Å². The third-order valence-electron chi connectivity index (χ3n) is 4.36. The van der Waals surface area contributed by atoms with Gasteiger partial charge >= 0.3 is 6.18 Å². The molecule has 0 aliphatic heterocycles. The third-order valence-corrected chi connectivity index (χ3v) is 5.24. The molecule has 0 fully saturated rings. The van der Waals surface area contributed by atoms with E-state index in [2.05, 4.69) is 58.2 Å². The molecule has 0 saturated carbocycles. The molecule has 1 atom stereocenters. The summed E-state index contributed by atoms with van der Waals surface area (Å²) in [5.74, 6) is 0. The Hall–Kier alpha value is -1.86. The van der Waals surface area contributed by atoms with Crippen molar-refractivity contribution < 1.29 is 13.2 Å². The largest absolute Gasteiger partial charge is 0.416 e. The molecule has 27 heavy (non-hydrogen) atoms. The first-order valence-corrected chi connectivity index (χ1v) is 10.1. The topological polar surface area (TPSA) is 12.0 Å². The van der Waals surface area contributed by atoms with Crippen molar-refractivity contribution in [3.63, 3.8) is 0 Å². The van der Waals surface area contributed by atoms with Gasteiger partial charge in [-0.25, -0.2) is 0 Å². The van der Waals surface area contributed by atoms with Gasteiger partial charge in [0, 0.05) is 17.0 Å². The first-order chi connectivity index (χ1) is 13.0. The molecule has 0 saturated heterocycles. The monoisotopic (exact) mass is 481 g/mol. The predicted molar refractivity (Wildman–Crippen MR) is 114 cm³/mol. The molecule has 140 valence electrons. The van der Waals surface area contributed by atoms with Crippen molar-refractivity contribution in [2.75, 3.05) is 11.0 Å². The van der Waals surface area contributed by atoms with Crippen LogP contribution in [0.3, 0.4) is 0 Å². The highest BCUT2D eigenvalue weighted by molar-refractivity contribution is 14.1. The van der Waals surface area contributed by atoms with Gasteiger partial charge in [-0.05, 0) is 34.0 Å². The molecule has 0 amide bonds. The highest BCUT2D eigenvalue weighted by atomic mass is 127.